The molecular weight excluding hydrogens is 226 g/mol. The first kappa shape index (κ1) is 10.7. The van der Waals surface area contributed by atoms with Crippen LogP contribution in [0.1, 0.15) is 0 Å². The molecule has 0 spiro atoms. The number of hydrogen-bond donors (Lipinski definition) is 2. The Morgan fingerprint density at radius 2 is 2.00 bits per heavy atom. The van der Waals surface area contributed by atoms with E-state index in [-0.39, 0.29) is 0 Å². The maximum atomic E-state index is 10.5. The fourth-order valence-corrected chi connectivity index (χ4v) is 1.47. The van der Waals surface area contributed by atoms with Crippen molar-refractivity contribution >= 4 is 28.8 Å². The Morgan fingerprint density at radius 1 is 1.12 bits per heavy atom. The molecule has 0 saturated carbocycles. The van der Waals surface area contributed by atoms with E-state index in [1.54, 1.807) is 30.5 Å². The van der Waals surface area contributed by atoms with E-state index < -0.39 is 0 Å². The Balaban J connectivity index is 2.20. The first-order valence-electron chi connectivity index (χ1n) is 4.65. The van der Waals surface area contributed by atoms with Crippen LogP contribution >= 0.6 is 11.6 Å². The van der Waals surface area contributed by atoms with Crippen LogP contribution in [0.15, 0.2) is 42.6 Å². The molecule has 0 fully saturated rings. The van der Waals surface area contributed by atoms with E-state index in [0.29, 0.717) is 16.5 Å². The second-order valence-electron chi connectivity index (χ2n) is 3.17. The highest BCUT2D eigenvalue weighted by Gasteiger charge is 1.97. The van der Waals surface area contributed by atoms with Crippen LogP contribution in [0.3, 0.4) is 0 Å². The summed E-state index contributed by atoms with van der Waals surface area (Å²) in [5.41, 5.74) is 3.09. The van der Waals surface area contributed by atoms with Crippen LogP contribution in [0.4, 0.5) is 17.2 Å². The number of anilines is 3. The highest BCUT2D eigenvalue weighted by atomic mass is 35.5. The smallest absolute Gasteiger partial charge is 0.132 e. The lowest BCUT2D eigenvalue weighted by Gasteiger charge is -2.11. The standard InChI is InChI=1S/C11H9ClN3O/c12-8-2-1-3-9(6-8)14-11-7-10(15-16)4-5-13-11/h1-7H,(H2-,13,14,15,16)/q-1. The van der Waals surface area contributed by atoms with E-state index in [0.717, 1.165) is 5.69 Å². The van der Waals surface area contributed by atoms with E-state index in [1.807, 2.05) is 17.6 Å². The molecular formula is C11H9ClN3O-. The molecule has 82 valence electrons. The van der Waals surface area contributed by atoms with Gasteiger partial charge in [-0.05, 0) is 24.3 Å². The van der Waals surface area contributed by atoms with Gasteiger partial charge in [0.1, 0.15) is 5.82 Å². The molecule has 4 nitrogen and oxygen atoms in total. The molecule has 1 heterocycles. The minimum atomic E-state index is 0.458. The van der Waals surface area contributed by atoms with Crippen molar-refractivity contribution in [2.45, 2.75) is 0 Å². The van der Waals surface area contributed by atoms with Crippen molar-refractivity contribution in [3.05, 3.63) is 52.8 Å². The van der Waals surface area contributed by atoms with Gasteiger partial charge in [-0.15, -0.1) is 0 Å². The van der Waals surface area contributed by atoms with E-state index in [1.165, 1.54) is 0 Å². The van der Waals surface area contributed by atoms with Gasteiger partial charge in [-0.3, -0.25) is 0 Å². The van der Waals surface area contributed by atoms with E-state index in [4.69, 9.17) is 11.6 Å². The van der Waals surface area contributed by atoms with E-state index >= 15 is 0 Å². The maximum absolute atomic E-state index is 10.5. The van der Waals surface area contributed by atoms with Crippen molar-refractivity contribution in [1.29, 1.82) is 0 Å². The molecule has 0 atom stereocenters. The molecule has 0 amide bonds. The Kier molecular flexibility index (Phi) is 3.24. The number of nitrogens with zero attached hydrogens (tertiary/aromatic N) is 1. The van der Waals surface area contributed by atoms with Crippen LogP contribution in [0.25, 0.3) is 0 Å². The van der Waals surface area contributed by atoms with Gasteiger partial charge >= 0.3 is 0 Å². The van der Waals surface area contributed by atoms with Crippen LogP contribution in [0.5, 0.6) is 0 Å². The first-order chi connectivity index (χ1) is 7.78. The molecule has 2 aromatic rings. The lowest BCUT2D eigenvalue weighted by molar-refractivity contribution is 1.31. The lowest BCUT2D eigenvalue weighted by Crippen LogP contribution is -1.94. The zero-order valence-electron chi connectivity index (χ0n) is 8.27. The topological polar surface area (TPSA) is 60.0 Å². The number of pyridine rings is 1. The van der Waals surface area contributed by atoms with Gasteiger partial charge < -0.3 is 16.0 Å². The third-order valence-corrected chi connectivity index (χ3v) is 2.21. The number of hydrogen-bond acceptors (Lipinski definition) is 4. The van der Waals surface area contributed by atoms with Crippen molar-refractivity contribution in [1.82, 2.24) is 4.98 Å². The maximum Gasteiger partial charge on any atom is 0.132 e. The predicted octanol–water partition coefficient (Wildman–Crippen LogP) is 3.39. The summed E-state index contributed by atoms with van der Waals surface area (Å²) in [7, 11) is 0. The molecule has 0 aliphatic carbocycles. The average Bonchev–Trinajstić information content (AvgIpc) is 2.29. The Morgan fingerprint density at radius 3 is 2.75 bits per heavy atom. The summed E-state index contributed by atoms with van der Waals surface area (Å²) >= 11 is 5.85. The molecule has 2 rings (SSSR count). The van der Waals surface area contributed by atoms with Gasteiger partial charge in [0.2, 0.25) is 0 Å². The van der Waals surface area contributed by atoms with Gasteiger partial charge in [0, 0.05) is 28.7 Å². The molecule has 0 radical (unpaired) electrons. The van der Waals surface area contributed by atoms with E-state index in [2.05, 4.69) is 10.3 Å². The second-order valence-corrected chi connectivity index (χ2v) is 3.60. The number of aromatic nitrogens is 1. The molecule has 2 N–H and O–H groups in total. The van der Waals surface area contributed by atoms with Crippen LogP contribution in [-0.2, 0) is 0 Å². The fourth-order valence-electron chi connectivity index (χ4n) is 1.28. The van der Waals surface area contributed by atoms with Crippen LogP contribution < -0.4 is 10.8 Å². The zero-order chi connectivity index (χ0) is 11.4. The summed E-state index contributed by atoms with van der Waals surface area (Å²) in [6.07, 6.45) is 1.55. The average molecular weight is 235 g/mol. The van der Waals surface area contributed by atoms with Gasteiger partial charge in [-0.1, -0.05) is 17.7 Å². The first-order valence-corrected chi connectivity index (χ1v) is 5.02. The molecule has 16 heavy (non-hydrogen) atoms. The van der Waals surface area contributed by atoms with Crippen molar-refractivity contribution in [3.8, 4) is 0 Å². The number of rotatable bonds is 3. The van der Waals surface area contributed by atoms with Crippen molar-refractivity contribution < 1.29 is 0 Å². The number of benzene rings is 1. The monoisotopic (exact) mass is 234 g/mol. The molecule has 0 aliphatic rings. The quantitative estimate of drug-likeness (QED) is 0.800. The minimum Gasteiger partial charge on any atom is -0.761 e. The number of nitrogens with one attached hydrogen (secondary N) is 2. The van der Waals surface area contributed by atoms with Crippen molar-refractivity contribution in [2.75, 3.05) is 10.8 Å². The summed E-state index contributed by atoms with van der Waals surface area (Å²) in [6, 6.07) is 10.5. The van der Waals surface area contributed by atoms with Crippen LogP contribution in [0, 0.1) is 5.21 Å². The molecule has 0 bridgehead atoms. The van der Waals surface area contributed by atoms with Crippen molar-refractivity contribution in [3.63, 3.8) is 0 Å². The minimum absolute atomic E-state index is 0.458. The molecule has 0 unspecified atom stereocenters. The fraction of sp³-hybridized carbons (Fsp3) is 0. The summed E-state index contributed by atoms with van der Waals surface area (Å²) < 4.78 is 0. The lowest BCUT2D eigenvalue weighted by atomic mass is 10.3. The van der Waals surface area contributed by atoms with E-state index in [9.17, 15) is 5.21 Å². The Hall–Kier alpha value is -1.78. The molecule has 1 aromatic carbocycles. The summed E-state index contributed by atoms with van der Waals surface area (Å²) in [5, 5.41) is 14.2. The Labute approximate surface area is 97.9 Å². The second kappa shape index (κ2) is 4.83. The third-order valence-electron chi connectivity index (χ3n) is 1.97. The Bertz CT molecular complexity index is 490. The highest BCUT2D eigenvalue weighted by molar-refractivity contribution is 6.30. The normalized spacial score (nSPS) is 9.88. The molecule has 5 heteroatoms. The predicted molar refractivity (Wildman–Crippen MR) is 66.0 cm³/mol. The van der Waals surface area contributed by atoms with Gasteiger partial charge in [0.05, 0.1) is 0 Å². The largest absolute Gasteiger partial charge is 0.761 e. The molecule has 0 aliphatic heterocycles. The highest BCUT2D eigenvalue weighted by Crippen LogP contribution is 2.20. The summed E-state index contributed by atoms with van der Waals surface area (Å²) in [4.78, 5) is 4.08. The van der Waals surface area contributed by atoms with Gasteiger partial charge in [-0.2, -0.15) is 0 Å². The third kappa shape index (κ3) is 2.62. The summed E-state index contributed by atoms with van der Waals surface area (Å²) in [5.74, 6) is 0.586. The molecule has 1 aromatic heterocycles. The number of halogens is 1. The van der Waals surface area contributed by atoms with Gasteiger partial charge in [0.25, 0.3) is 0 Å². The van der Waals surface area contributed by atoms with Crippen LogP contribution in [0.2, 0.25) is 5.02 Å². The van der Waals surface area contributed by atoms with Gasteiger partial charge in [0.15, 0.2) is 0 Å². The molecule has 0 saturated heterocycles. The van der Waals surface area contributed by atoms with Gasteiger partial charge in [-0.25, -0.2) is 4.98 Å². The zero-order valence-corrected chi connectivity index (χ0v) is 9.03. The summed E-state index contributed by atoms with van der Waals surface area (Å²) in [6.45, 7) is 0. The van der Waals surface area contributed by atoms with Crippen molar-refractivity contribution in [2.24, 2.45) is 0 Å². The van der Waals surface area contributed by atoms with Crippen LogP contribution in [-0.4, -0.2) is 4.98 Å². The SMILES string of the molecule is [O-]Nc1ccnc(Nc2cccc(Cl)c2)c1.